The second-order valence-corrected chi connectivity index (χ2v) is 5.02. The van der Waals surface area contributed by atoms with Crippen LogP contribution in [0.25, 0.3) is 0 Å². The molecule has 15 heavy (non-hydrogen) atoms. The summed E-state index contributed by atoms with van der Waals surface area (Å²) < 4.78 is 11.1. The number of rotatable bonds is 3. The van der Waals surface area contributed by atoms with Crippen LogP contribution in [0.15, 0.2) is 0 Å². The van der Waals surface area contributed by atoms with E-state index in [0.717, 1.165) is 25.5 Å². The summed E-state index contributed by atoms with van der Waals surface area (Å²) in [5, 5.41) is 3.59. The molecule has 2 heterocycles. The van der Waals surface area contributed by atoms with Gasteiger partial charge in [-0.05, 0) is 38.1 Å². The van der Waals surface area contributed by atoms with Gasteiger partial charge in [-0.25, -0.2) is 0 Å². The Hall–Kier alpha value is -0.120. The minimum atomic E-state index is 0.332. The van der Waals surface area contributed by atoms with E-state index in [2.05, 4.69) is 12.2 Å². The average molecular weight is 213 g/mol. The van der Waals surface area contributed by atoms with Gasteiger partial charge in [0.1, 0.15) is 0 Å². The van der Waals surface area contributed by atoms with Crippen molar-refractivity contribution in [1.29, 1.82) is 0 Å². The third-order valence-electron chi connectivity index (χ3n) is 3.64. The molecule has 2 fully saturated rings. The molecular formula is C12H23NO2. The van der Waals surface area contributed by atoms with Crippen LogP contribution in [0.2, 0.25) is 0 Å². The van der Waals surface area contributed by atoms with Gasteiger partial charge in [0.05, 0.1) is 18.8 Å². The summed E-state index contributed by atoms with van der Waals surface area (Å²) in [7, 11) is 1.75. The standard InChI is InChI=1S/C12H23NO2/c1-9-5-6-13-11(7-9)12-4-3-10(15-12)8-14-2/h9-13H,3-8H2,1-2H3. The van der Waals surface area contributed by atoms with Gasteiger partial charge in [0, 0.05) is 13.2 Å². The predicted octanol–water partition coefficient (Wildman–Crippen LogP) is 1.57. The quantitative estimate of drug-likeness (QED) is 0.772. The zero-order valence-corrected chi connectivity index (χ0v) is 9.87. The van der Waals surface area contributed by atoms with Crippen molar-refractivity contribution < 1.29 is 9.47 Å². The first-order valence-electron chi connectivity index (χ1n) is 6.17. The lowest BCUT2D eigenvalue weighted by Gasteiger charge is -2.32. The molecule has 0 aromatic heterocycles. The molecule has 2 saturated heterocycles. The fourth-order valence-corrected chi connectivity index (χ4v) is 2.77. The third-order valence-corrected chi connectivity index (χ3v) is 3.64. The summed E-state index contributed by atoms with van der Waals surface area (Å²) in [6.45, 7) is 4.24. The maximum Gasteiger partial charge on any atom is 0.0813 e. The van der Waals surface area contributed by atoms with Gasteiger partial charge in [-0.2, -0.15) is 0 Å². The van der Waals surface area contributed by atoms with Crippen LogP contribution in [-0.2, 0) is 9.47 Å². The Bertz CT molecular complexity index is 198. The van der Waals surface area contributed by atoms with Gasteiger partial charge in [-0.15, -0.1) is 0 Å². The molecule has 3 heteroatoms. The number of nitrogens with one attached hydrogen (secondary N) is 1. The molecule has 0 aliphatic carbocycles. The molecule has 0 aromatic rings. The lowest BCUT2D eigenvalue weighted by atomic mass is 9.90. The van der Waals surface area contributed by atoms with E-state index in [4.69, 9.17) is 9.47 Å². The molecule has 2 rings (SSSR count). The maximum absolute atomic E-state index is 6.00. The summed E-state index contributed by atoms with van der Waals surface area (Å²) in [6.07, 6.45) is 5.69. The first-order chi connectivity index (χ1) is 7.29. The van der Waals surface area contributed by atoms with Gasteiger partial charge in [0.15, 0.2) is 0 Å². The van der Waals surface area contributed by atoms with E-state index in [9.17, 15) is 0 Å². The minimum Gasteiger partial charge on any atom is -0.382 e. The summed E-state index contributed by atoms with van der Waals surface area (Å²) in [5.41, 5.74) is 0. The SMILES string of the molecule is COCC1CCC(C2CC(C)CCN2)O1. The highest BCUT2D eigenvalue weighted by molar-refractivity contribution is 4.87. The summed E-state index contributed by atoms with van der Waals surface area (Å²) in [6, 6.07) is 0.579. The second kappa shape index (κ2) is 5.28. The van der Waals surface area contributed by atoms with Crippen LogP contribution < -0.4 is 5.32 Å². The molecule has 2 aliphatic heterocycles. The number of hydrogen-bond donors (Lipinski definition) is 1. The topological polar surface area (TPSA) is 30.5 Å². The molecule has 0 radical (unpaired) electrons. The fraction of sp³-hybridized carbons (Fsp3) is 1.00. The molecule has 0 amide bonds. The van der Waals surface area contributed by atoms with Crippen LogP contribution in [0.4, 0.5) is 0 Å². The van der Waals surface area contributed by atoms with Crippen LogP contribution in [0, 0.1) is 5.92 Å². The molecule has 0 bridgehead atoms. The van der Waals surface area contributed by atoms with Crippen LogP contribution in [0.5, 0.6) is 0 Å². The van der Waals surface area contributed by atoms with Crippen molar-refractivity contribution in [3.05, 3.63) is 0 Å². The predicted molar refractivity (Wildman–Crippen MR) is 60.0 cm³/mol. The van der Waals surface area contributed by atoms with Crippen LogP contribution in [0.1, 0.15) is 32.6 Å². The Labute approximate surface area is 92.5 Å². The van der Waals surface area contributed by atoms with Crippen molar-refractivity contribution in [2.45, 2.75) is 50.9 Å². The molecule has 0 saturated carbocycles. The Kier molecular flexibility index (Phi) is 4.00. The van der Waals surface area contributed by atoms with E-state index in [-0.39, 0.29) is 0 Å². The van der Waals surface area contributed by atoms with E-state index in [1.807, 2.05) is 0 Å². The van der Waals surface area contributed by atoms with Crippen LogP contribution in [-0.4, -0.2) is 38.5 Å². The summed E-state index contributed by atoms with van der Waals surface area (Å²) >= 11 is 0. The molecule has 4 atom stereocenters. The molecule has 1 N–H and O–H groups in total. The Morgan fingerprint density at radius 2 is 2.20 bits per heavy atom. The molecule has 2 aliphatic rings. The van der Waals surface area contributed by atoms with Crippen LogP contribution in [0.3, 0.4) is 0 Å². The third kappa shape index (κ3) is 2.92. The molecule has 3 nitrogen and oxygen atoms in total. The number of hydrogen-bond acceptors (Lipinski definition) is 3. The Balaban J connectivity index is 1.79. The monoisotopic (exact) mass is 213 g/mol. The first kappa shape index (κ1) is 11.4. The normalized spacial score (nSPS) is 42.0. The van der Waals surface area contributed by atoms with E-state index >= 15 is 0 Å². The van der Waals surface area contributed by atoms with Crippen molar-refractivity contribution in [3.63, 3.8) is 0 Å². The van der Waals surface area contributed by atoms with E-state index in [0.29, 0.717) is 18.2 Å². The van der Waals surface area contributed by atoms with Crippen LogP contribution >= 0.6 is 0 Å². The maximum atomic E-state index is 6.00. The van der Waals surface area contributed by atoms with Gasteiger partial charge >= 0.3 is 0 Å². The Morgan fingerprint density at radius 3 is 2.93 bits per heavy atom. The molecule has 0 aromatic carbocycles. The zero-order chi connectivity index (χ0) is 10.7. The minimum absolute atomic E-state index is 0.332. The summed E-state index contributed by atoms with van der Waals surface area (Å²) in [5.74, 6) is 0.848. The summed E-state index contributed by atoms with van der Waals surface area (Å²) in [4.78, 5) is 0. The molecule has 88 valence electrons. The highest BCUT2D eigenvalue weighted by atomic mass is 16.5. The fourth-order valence-electron chi connectivity index (χ4n) is 2.77. The van der Waals surface area contributed by atoms with E-state index in [1.54, 1.807) is 7.11 Å². The van der Waals surface area contributed by atoms with Crippen molar-refractivity contribution in [2.75, 3.05) is 20.3 Å². The van der Waals surface area contributed by atoms with E-state index in [1.165, 1.54) is 19.3 Å². The van der Waals surface area contributed by atoms with E-state index < -0.39 is 0 Å². The molecular weight excluding hydrogens is 190 g/mol. The zero-order valence-electron chi connectivity index (χ0n) is 9.87. The largest absolute Gasteiger partial charge is 0.382 e. The van der Waals surface area contributed by atoms with Crippen molar-refractivity contribution >= 4 is 0 Å². The van der Waals surface area contributed by atoms with Gasteiger partial charge < -0.3 is 14.8 Å². The smallest absolute Gasteiger partial charge is 0.0813 e. The van der Waals surface area contributed by atoms with Crippen molar-refractivity contribution in [2.24, 2.45) is 5.92 Å². The number of piperidine rings is 1. The molecule has 0 spiro atoms. The van der Waals surface area contributed by atoms with Crippen molar-refractivity contribution in [3.8, 4) is 0 Å². The lowest BCUT2D eigenvalue weighted by molar-refractivity contribution is -0.0213. The van der Waals surface area contributed by atoms with Gasteiger partial charge in [0.25, 0.3) is 0 Å². The van der Waals surface area contributed by atoms with Gasteiger partial charge in [0.2, 0.25) is 0 Å². The Morgan fingerprint density at radius 1 is 1.33 bits per heavy atom. The van der Waals surface area contributed by atoms with Gasteiger partial charge in [-0.1, -0.05) is 6.92 Å². The first-order valence-corrected chi connectivity index (χ1v) is 6.17. The number of methoxy groups -OCH3 is 1. The molecule has 4 unspecified atom stereocenters. The van der Waals surface area contributed by atoms with Crippen molar-refractivity contribution in [1.82, 2.24) is 5.32 Å². The second-order valence-electron chi connectivity index (χ2n) is 5.02. The number of ether oxygens (including phenoxy) is 2. The average Bonchev–Trinajstić information content (AvgIpc) is 2.67. The van der Waals surface area contributed by atoms with Gasteiger partial charge in [-0.3, -0.25) is 0 Å². The highest BCUT2D eigenvalue weighted by Gasteiger charge is 2.33. The highest BCUT2D eigenvalue weighted by Crippen LogP contribution is 2.27. The lowest BCUT2D eigenvalue weighted by Crippen LogP contribution is -2.45.